The minimum absolute atomic E-state index is 0.271. The lowest BCUT2D eigenvalue weighted by Crippen LogP contribution is -2.23. The van der Waals surface area contributed by atoms with Crippen molar-refractivity contribution in [2.75, 3.05) is 33.9 Å². The molecule has 0 bridgehead atoms. The molecule has 3 aromatic rings. The van der Waals surface area contributed by atoms with Gasteiger partial charge in [-0.15, -0.1) is 0 Å². The molecule has 3 rings (SSSR count). The summed E-state index contributed by atoms with van der Waals surface area (Å²) < 4.78 is 0. The summed E-state index contributed by atoms with van der Waals surface area (Å²) in [5.41, 5.74) is 4.37. The minimum Gasteiger partial charge on any atom is -0.357 e. The summed E-state index contributed by atoms with van der Waals surface area (Å²) in [6.07, 6.45) is 0.855. The van der Waals surface area contributed by atoms with Gasteiger partial charge >= 0.3 is 6.03 Å². The van der Waals surface area contributed by atoms with E-state index in [1.807, 2.05) is 61.5 Å². The number of aryl methyl sites for hydroxylation is 2. The van der Waals surface area contributed by atoms with E-state index in [1.54, 1.807) is 0 Å². The number of benzene rings is 2. The average molecular weight is 419 g/mol. The molecular formula is C24H30N6O. The Morgan fingerprint density at radius 2 is 1.58 bits per heavy atom. The van der Waals surface area contributed by atoms with Gasteiger partial charge in [0.05, 0.1) is 0 Å². The minimum atomic E-state index is -0.271. The van der Waals surface area contributed by atoms with Crippen LogP contribution >= 0.6 is 0 Å². The molecule has 0 aliphatic carbocycles. The molecule has 2 amide bonds. The molecule has 0 unspecified atom stereocenters. The number of para-hydroxylation sites is 1. The zero-order chi connectivity index (χ0) is 22.2. The summed E-state index contributed by atoms with van der Waals surface area (Å²) in [6, 6.07) is 17.0. The van der Waals surface area contributed by atoms with Crippen molar-refractivity contribution in [1.29, 1.82) is 0 Å². The van der Waals surface area contributed by atoms with Crippen LogP contribution in [0.25, 0.3) is 0 Å². The topological polar surface area (TPSA) is 82.2 Å². The number of carbonyl (C=O) groups is 1. The second-order valence-electron chi connectivity index (χ2n) is 7.16. The Kier molecular flexibility index (Phi) is 7.43. The van der Waals surface area contributed by atoms with Crippen molar-refractivity contribution in [2.45, 2.75) is 34.1 Å². The van der Waals surface area contributed by atoms with E-state index in [1.165, 1.54) is 0 Å². The molecule has 1 heterocycles. The SMILES string of the molecule is CCc1ccccc1NC(=O)Nc1ccc(Nc2nc(C)cc(N(CC)CC)n2)cc1. The molecule has 0 fully saturated rings. The predicted molar refractivity (Wildman–Crippen MR) is 129 cm³/mol. The molecule has 7 heteroatoms. The van der Waals surface area contributed by atoms with Crippen LogP contribution in [0.2, 0.25) is 0 Å². The fourth-order valence-corrected chi connectivity index (χ4v) is 3.32. The third kappa shape index (κ3) is 5.94. The molecule has 3 N–H and O–H groups in total. The number of hydrogen-bond acceptors (Lipinski definition) is 5. The van der Waals surface area contributed by atoms with Crippen LogP contribution in [0, 0.1) is 6.92 Å². The number of aromatic nitrogens is 2. The maximum absolute atomic E-state index is 12.4. The van der Waals surface area contributed by atoms with Gasteiger partial charge in [0.1, 0.15) is 5.82 Å². The highest BCUT2D eigenvalue weighted by Gasteiger charge is 2.09. The summed E-state index contributed by atoms with van der Waals surface area (Å²) in [5, 5.41) is 9.02. The lowest BCUT2D eigenvalue weighted by molar-refractivity contribution is 0.262. The van der Waals surface area contributed by atoms with Crippen molar-refractivity contribution in [1.82, 2.24) is 9.97 Å². The first-order valence-corrected chi connectivity index (χ1v) is 10.7. The highest BCUT2D eigenvalue weighted by Crippen LogP contribution is 2.21. The maximum Gasteiger partial charge on any atom is 0.323 e. The van der Waals surface area contributed by atoms with E-state index in [-0.39, 0.29) is 6.03 Å². The first-order chi connectivity index (χ1) is 15.0. The van der Waals surface area contributed by atoms with E-state index in [0.29, 0.717) is 11.6 Å². The number of anilines is 5. The van der Waals surface area contributed by atoms with Crippen molar-refractivity contribution in [3.8, 4) is 0 Å². The van der Waals surface area contributed by atoms with Crippen molar-refractivity contribution in [3.63, 3.8) is 0 Å². The first-order valence-electron chi connectivity index (χ1n) is 10.7. The zero-order valence-corrected chi connectivity index (χ0v) is 18.6. The second-order valence-corrected chi connectivity index (χ2v) is 7.16. The summed E-state index contributed by atoms with van der Waals surface area (Å²) in [7, 11) is 0. The molecule has 0 spiro atoms. The van der Waals surface area contributed by atoms with Crippen LogP contribution in [0.1, 0.15) is 32.0 Å². The quantitative estimate of drug-likeness (QED) is 0.445. The molecule has 31 heavy (non-hydrogen) atoms. The predicted octanol–water partition coefficient (Wildman–Crippen LogP) is 5.58. The Morgan fingerprint density at radius 1 is 0.903 bits per heavy atom. The fourth-order valence-electron chi connectivity index (χ4n) is 3.32. The molecule has 0 saturated carbocycles. The van der Waals surface area contributed by atoms with E-state index >= 15 is 0 Å². The standard InChI is InChI=1S/C24H30N6O/c1-5-18-10-8-9-11-21(18)28-24(31)27-20-14-12-19(13-15-20)26-23-25-17(4)16-22(29-23)30(6-2)7-3/h8-16H,5-7H2,1-4H3,(H,25,26,29)(H2,27,28,31). The Morgan fingerprint density at radius 3 is 2.26 bits per heavy atom. The fraction of sp³-hybridized carbons (Fsp3) is 0.292. The monoisotopic (exact) mass is 418 g/mol. The number of hydrogen-bond donors (Lipinski definition) is 3. The molecule has 0 radical (unpaired) electrons. The van der Waals surface area contributed by atoms with Crippen LogP contribution in [0.4, 0.5) is 33.6 Å². The summed E-state index contributed by atoms with van der Waals surface area (Å²) in [6.45, 7) is 10.0. The average Bonchev–Trinajstić information content (AvgIpc) is 2.76. The van der Waals surface area contributed by atoms with Crippen LogP contribution in [-0.4, -0.2) is 29.1 Å². The number of nitrogens with zero attached hydrogens (tertiary/aromatic N) is 3. The van der Waals surface area contributed by atoms with Gasteiger partial charge in [-0.25, -0.2) is 9.78 Å². The summed E-state index contributed by atoms with van der Waals surface area (Å²) in [4.78, 5) is 23.7. The molecular weight excluding hydrogens is 388 g/mol. The van der Waals surface area contributed by atoms with Gasteiger partial charge in [-0.3, -0.25) is 0 Å². The van der Waals surface area contributed by atoms with Gasteiger partial charge in [0.15, 0.2) is 0 Å². The Balaban J connectivity index is 1.65. The van der Waals surface area contributed by atoms with E-state index in [2.05, 4.69) is 51.6 Å². The highest BCUT2D eigenvalue weighted by atomic mass is 16.2. The molecule has 0 aliphatic rings. The van der Waals surface area contributed by atoms with Gasteiger partial charge in [-0.2, -0.15) is 4.98 Å². The number of amides is 2. The molecule has 0 atom stereocenters. The third-order valence-electron chi connectivity index (χ3n) is 4.97. The Labute approximate surface area is 183 Å². The van der Waals surface area contributed by atoms with Crippen molar-refractivity contribution < 1.29 is 4.79 Å². The van der Waals surface area contributed by atoms with E-state index in [9.17, 15) is 4.79 Å². The molecule has 7 nitrogen and oxygen atoms in total. The Bertz CT molecular complexity index is 1010. The molecule has 162 valence electrons. The van der Waals surface area contributed by atoms with Crippen molar-refractivity contribution in [2.24, 2.45) is 0 Å². The molecule has 1 aromatic heterocycles. The van der Waals surface area contributed by atoms with Gasteiger partial charge in [-0.1, -0.05) is 25.1 Å². The normalized spacial score (nSPS) is 10.5. The lowest BCUT2D eigenvalue weighted by atomic mass is 10.1. The van der Waals surface area contributed by atoms with Crippen LogP contribution in [-0.2, 0) is 6.42 Å². The van der Waals surface area contributed by atoms with Crippen molar-refractivity contribution >= 4 is 34.9 Å². The van der Waals surface area contributed by atoms with Crippen molar-refractivity contribution in [3.05, 3.63) is 65.9 Å². The first kappa shape index (κ1) is 22.1. The van der Waals surface area contributed by atoms with E-state index < -0.39 is 0 Å². The third-order valence-corrected chi connectivity index (χ3v) is 4.97. The zero-order valence-electron chi connectivity index (χ0n) is 18.6. The number of nitrogens with one attached hydrogen (secondary N) is 3. The van der Waals surface area contributed by atoms with Gasteiger partial charge < -0.3 is 20.9 Å². The number of rotatable bonds is 8. The van der Waals surface area contributed by atoms with Crippen LogP contribution in [0.3, 0.4) is 0 Å². The lowest BCUT2D eigenvalue weighted by Gasteiger charge is -2.20. The second kappa shape index (κ2) is 10.4. The summed E-state index contributed by atoms with van der Waals surface area (Å²) in [5.74, 6) is 1.46. The smallest absolute Gasteiger partial charge is 0.323 e. The van der Waals surface area contributed by atoms with E-state index in [0.717, 1.165) is 48.0 Å². The van der Waals surface area contributed by atoms with Crippen LogP contribution in [0.5, 0.6) is 0 Å². The van der Waals surface area contributed by atoms with Crippen LogP contribution < -0.4 is 20.9 Å². The van der Waals surface area contributed by atoms with Gasteiger partial charge in [-0.05, 0) is 63.1 Å². The number of urea groups is 1. The number of carbonyl (C=O) groups excluding carboxylic acids is 1. The highest BCUT2D eigenvalue weighted by molar-refractivity contribution is 6.00. The largest absolute Gasteiger partial charge is 0.357 e. The van der Waals surface area contributed by atoms with E-state index in [4.69, 9.17) is 0 Å². The van der Waals surface area contributed by atoms with Gasteiger partial charge in [0.25, 0.3) is 0 Å². The molecule has 0 saturated heterocycles. The molecule has 2 aromatic carbocycles. The molecule has 0 aliphatic heterocycles. The summed E-state index contributed by atoms with van der Waals surface area (Å²) >= 11 is 0. The van der Waals surface area contributed by atoms with Crippen LogP contribution in [0.15, 0.2) is 54.6 Å². The van der Waals surface area contributed by atoms with Gasteiger partial charge in [0, 0.05) is 41.9 Å². The maximum atomic E-state index is 12.4. The van der Waals surface area contributed by atoms with Gasteiger partial charge in [0.2, 0.25) is 5.95 Å². The Hall–Kier alpha value is -3.61.